The molecule has 1 spiro atoms. The Hall–Kier alpha value is -1.40. The predicted molar refractivity (Wildman–Crippen MR) is 110 cm³/mol. The fourth-order valence-corrected chi connectivity index (χ4v) is 5.35. The van der Waals surface area contributed by atoms with Crippen molar-refractivity contribution in [3.63, 3.8) is 0 Å². The minimum absolute atomic E-state index is 0.0631. The van der Waals surface area contributed by atoms with Gasteiger partial charge in [0.25, 0.3) is 0 Å². The van der Waals surface area contributed by atoms with E-state index in [2.05, 4.69) is 49.4 Å². The van der Waals surface area contributed by atoms with Gasteiger partial charge < -0.3 is 10.2 Å². The summed E-state index contributed by atoms with van der Waals surface area (Å²) in [6, 6.07) is 1.80. The monoisotopic (exact) mass is 391 g/mol. The maximum atomic E-state index is 13.2. The molecule has 0 aromatic carbocycles. The molecule has 150 valence electrons. The molecule has 2 aliphatic heterocycles. The maximum absolute atomic E-state index is 13.2. The number of carbonyl (C=O) groups excluding carboxylic acids is 2. The van der Waals surface area contributed by atoms with E-state index in [1.165, 1.54) is 10.4 Å². The topological polar surface area (TPSA) is 52.7 Å². The van der Waals surface area contributed by atoms with Gasteiger partial charge in [0.2, 0.25) is 11.8 Å². The highest BCUT2D eigenvalue weighted by Crippen LogP contribution is 2.35. The number of nitrogens with zero attached hydrogens (tertiary/aromatic N) is 2. The van der Waals surface area contributed by atoms with Gasteiger partial charge in [0.1, 0.15) is 11.6 Å². The van der Waals surface area contributed by atoms with E-state index in [0.29, 0.717) is 18.9 Å². The summed E-state index contributed by atoms with van der Waals surface area (Å²) < 4.78 is 0. The first-order valence-electron chi connectivity index (χ1n) is 10.2. The van der Waals surface area contributed by atoms with Crippen LogP contribution >= 0.6 is 11.3 Å². The molecule has 1 unspecified atom stereocenters. The number of thiophene rings is 1. The highest BCUT2D eigenvalue weighted by atomic mass is 32.1. The highest BCUT2D eigenvalue weighted by molar-refractivity contribution is 7.10. The third-order valence-corrected chi connectivity index (χ3v) is 6.99. The molecule has 1 N–H and O–H groups in total. The molecular weight excluding hydrogens is 358 g/mol. The molecule has 2 saturated heterocycles. The summed E-state index contributed by atoms with van der Waals surface area (Å²) in [6.45, 7) is 11.8. The number of aryl methyl sites for hydroxylation is 1. The average Bonchev–Trinajstić information content (AvgIpc) is 3.03. The van der Waals surface area contributed by atoms with Gasteiger partial charge in [-0.05, 0) is 55.5 Å². The molecule has 2 amide bonds. The quantitative estimate of drug-likeness (QED) is 0.810. The second-order valence-corrected chi connectivity index (χ2v) is 9.48. The Labute approximate surface area is 167 Å². The third kappa shape index (κ3) is 4.06. The molecule has 1 aromatic heterocycles. The zero-order valence-electron chi connectivity index (χ0n) is 17.1. The Morgan fingerprint density at radius 2 is 2.00 bits per heavy atom. The second kappa shape index (κ2) is 8.31. The van der Waals surface area contributed by atoms with E-state index in [4.69, 9.17) is 0 Å². The minimum Gasteiger partial charge on any atom is -0.342 e. The molecule has 1 atom stereocenters. The Bertz CT molecular complexity index is 677. The maximum Gasteiger partial charge on any atom is 0.246 e. The molecule has 6 heteroatoms. The number of piperazine rings is 1. The summed E-state index contributed by atoms with van der Waals surface area (Å²) in [4.78, 5) is 32.0. The summed E-state index contributed by atoms with van der Waals surface area (Å²) in [5, 5.41) is 5.21. The molecule has 2 fully saturated rings. The van der Waals surface area contributed by atoms with Crippen LogP contribution in [0.2, 0.25) is 0 Å². The summed E-state index contributed by atoms with van der Waals surface area (Å²) in [7, 11) is 0. The zero-order valence-corrected chi connectivity index (χ0v) is 17.9. The average molecular weight is 392 g/mol. The molecule has 5 nitrogen and oxygen atoms in total. The number of likely N-dealkylation sites (tertiary alicyclic amines) is 1. The molecule has 0 radical (unpaired) electrons. The van der Waals surface area contributed by atoms with E-state index in [1.54, 1.807) is 11.3 Å². The molecule has 0 bridgehead atoms. The standard InChI is InChI=1S/C21H33N3O2S/c1-5-9-24-19(25)17(13-15(2)3)22-20(26)21(24)7-10-23(11-8-21)14-18-16(4)6-12-27-18/h6,12,15,17H,5,7-11,13-14H2,1-4H3,(H,22,26). The van der Waals surface area contributed by atoms with E-state index in [9.17, 15) is 9.59 Å². The fraction of sp³-hybridized carbons (Fsp3) is 0.714. The number of hydrogen-bond acceptors (Lipinski definition) is 4. The number of nitrogens with one attached hydrogen (secondary N) is 1. The van der Waals surface area contributed by atoms with Crippen LogP contribution in [0.1, 0.15) is 56.9 Å². The first kappa shape index (κ1) is 20.3. The summed E-state index contributed by atoms with van der Waals surface area (Å²) in [6.07, 6.45) is 3.05. The first-order valence-corrected chi connectivity index (χ1v) is 11.1. The summed E-state index contributed by atoms with van der Waals surface area (Å²) >= 11 is 1.80. The lowest BCUT2D eigenvalue weighted by Crippen LogP contribution is -2.73. The van der Waals surface area contributed by atoms with Gasteiger partial charge >= 0.3 is 0 Å². The Morgan fingerprint density at radius 1 is 1.30 bits per heavy atom. The molecule has 27 heavy (non-hydrogen) atoms. The Kier molecular flexibility index (Phi) is 6.26. The molecule has 3 rings (SSSR count). The largest absolute Gasteiger partial charge is 0.342 e. The van der Waals surface area contributed by atoms with Crippen LogP contribution in [0.25, 0.3) is 0 Å². The van der Waals surface area contributed by atoms with Crippen LogP contribution in [-0.2, 0) is 16.1 Å². The number of carbonyl (C=O) groups is 2. The zero-order chi connectivity index (χ0) is 19.6. The molecule has 0 saturated carbocycles. The van der Waals surface area contributed by atoms with Crippen molar-refractivity contribution in [3.05, 3.63) is 21.9 Å². The van der Waals surface area contributed by atoms with E-state index in [1.807, 2.05) is 4.90 Å². The van der Waals surface area contributed by atoms with Crippen molar-refractivity contribution < 1.29 is 9.59 Å². The Balaban J connectivity index is 1.73. The van der Waals surface area contributed by atoms with Gasteiger partial charge in [-0.15, -0.1) is 11.3 Å². The third-order valence-electron chi connectivity index (χ3n) is 5.98. The minimum atomic E-state index is -0.651. The normalized spacial score (nSPS) is 23.3. The SMILES string of the molecule is CCCN1C(=O)C(CC(C)C)NC(=O)C12CCN(Cc1sccc1C)CC2. The molecule has 0 aliphatic carbocycles. The van der Waals surface area contributed by atoms with Gasteiger partial charge in [-0.3, -0.25) is 14.5 Å². The van der Waals surface area contributed by atoms with Crippen molar-refractivity contribution in [2.45, 2.75) is 71.5 Å². The summed E-state index contributed by atoms with van der Waals surface area (Å²) in [5.74, 6) is 0.563. The highest BCUT2D eigenvalue weighted by Gasteiger charge is 2.53. The van der Waals surface area contributed by atoms with E-state index in [-0.39, 0.29) is 17.9 Å². The molecule has 1 aromatic rings. The first-order chi connectivity index (χ1) is 12.9. The number of rotatable bonds is 6. The van der Waals surface area contributed by atoms with Gasteiger partial charge in [0, 0.05) is 31.1 Å². The van der Waals surface area contributed by atoms with Crippen LogP contribution in [0.5, 0.6) is 0 Å². The van der Waals surface area contributed by atoms with Gasteiger partial charge in [0.15, 0.2) is 0 Å². The van der Waals surface area contributed by atoms with E-state index < -0.39 is 5.54 Å². The van der Waals surface area contributed by atoms with Crippen molar-refractivity contribution in [2.75, 3.05) is 19.6 Å². The molecule has 3 heterocycles. The van der Waals surface area contributed by atoms with Crippen molar-refractivity contribution in [1.29, 1.82) is 0 Å². The smallest absolute Gasteiger partial charge is 0.246 e. The van der Waals surface area contributed by atoms with Crippen LogP contribution in [0.3, 0.4) is 0 Å². The van der Waals surface area contributed by atoms with Gasteiger partial charge in [0.05, 0.1) is 0 Å². The number of piperidine rings is 1. The van der Waals surface area contributed by atoms with Crippen LogP contribution in [0.4, 0.5) is 0 Å². The predicted octanol–water partition coefficient (Wildman–Crippen LogP) is 3.17. The fourth-order valence-electron chi connectivity index (χ4n) is 4.40. The van der Waals surface area contributed by atoms with Gasteiger partial charge in [-0.1, -0.05) is 20.8 Å². The number of amides is 2. The summed E-state index contributed by atoms with van der Waals surface area (Å²) in [5.41, 5.74) is 0.691. The van der Waals surface area contributed by atoms with Gasteiger partial charge in [-0.2, -0.15) is 0 Å². The van der Waals surface area contributed by atoms with E-state index >= 15 is 0 Å². The lowest BCUT2D eigenvalue weighted by Gasteiger charge is -2.51. The van der Waals surface area contributed by atoms with Crippen molar-refractivity contribution in [3.8, 4) is 0 Å². The molecule has 2 aliphatic rings. The molecular formula is C21H33N3O2S. The Morgan fingerprint density at radius 3 is 2.56 bits per heavy atom. The number of hydrogen-bond donors (Lipinski definition) is 1. The van der Waals surface area contributed by atoms with Crippen LogP contribution < -0.4 is 5.32 Å². The van der Waals surface area contributed by atoms with Crippen LogP contribution in [0, 0.1) is 12.8 Å². The van der Waals surface area contributed by atoms with Crippen molar-refractivity contribution >= 4 is 23.2 Å². The van der Waals surface area contributed by atoms with E-state index in [0.717, 1.165) is 38.9 Å². The van der Waals surface area contributed by atoms with Crippen LogP contribution in [-0.4, -0.2) is 52.8 Å². The van der Waals surface area contributed by atoms with Crippen molar-refractivity contribution in [1.82, 2.24) is 15.1 Å². The van der Waals surface area contributed by atoms with Crippen LogP contribution in [0.15, 0.2) is 11.4 Å². The lowest BCUT2D eigenvalue weighted by molar-refractivity contribution is -0.161. The second-order valence-electron chi connectivity index (χ2n) is 8.48. The lowest BCUT2D eigenvalue weighted by atomic mass is 9.80. The van der Waals surface area contributed by atoms with Crippen molar-refractivity contribution in [2.24, 2.45) is 5.92 Å². The van der Waals surface area contributed by atoms with Gasteiger partial charge in [-0.25, -0.2) is 0 Å².